The molecule has 27 heavy (non-hydrogen) atoms. The highest BCUT2D eigenvalue weighted by Crippen LogP contribution is 2.33. The molecule has 0 saturated heterocycles. The zero-order valence-corrected chi connectivity index (χ0v) is 15.3. The molecule has 140 valence electrons. The molecule has 0 fully saturated rings. The lowest BCUT2D eigenvalue weighted by Gasteiger charge is -2.19. The molecule has 10 heteroatoms. The van der Waals surface area contributed by atoms with Gasteiger partial charge < -0.3 is 9.47 Å². The minimum absolute atomic E-state index is 0.0757. The summed E-state index contributed by atoms with van der Waals surface area (Å²) in [6.07, 6.45) is 0. The van der Waals surface area contributed by atoms with E-state index in [1.54, 1.807) is 30.3 Å². The van der Waals surface area contributed by atoms with Crippen LogP contribution >= 0.6 is 0 Å². The number of rotatable bonds is 5. The summed E-state index contributed by atoms with van der Waals surface area (Å²) in [5, 5.41) is 12.2. The number of ether oxygens (including phenoxy) is 2. The van der Waals surface area contributed by atoms with E-state index in [1.807, 2.05) is 6.92 Å². The fourth-order valence-corrected chi connectivity index (χ4v) is 3.74. The van der Waals surface area contributed by atoms with Crippen LogP contribution in [0.15, 0.2) is 47.4 Å². The number of aromatic nitrogens is 4. The number of nitrogens with one attached hydrogen (secondary N) is 1. The van der Waals surface area contributed by atoms with E-state index in [-0.39, 0.29) is 4.90 Å². The number of sulfonamides is 1. The number of para-hydroxylation sites is 1. The highest BCUT2D eigenvalue weighted by molar-refractivity contribution is 7.92. The van der Waals surface area contributed by atoms with Gasteiger partial charge >= 0.3 is 0 Å². The minimum Gasteiger partial charge on any atom is -0.486 e. The van der Waals surface area contributed by atoms with E-state index in [9.17, 15) is 8.42 Å². The predicted molar refractivity (Wildman–Crippen MR) is 97.2 cm³/mol. The van der Waals surface area contributed by atoms with E-state index >= 15 is 0 Å². The van der Waals surface area contributed by atoms with Gasteiger partial charge in [-0.15, -0.1) is 10.2 Å². The van der Waals surface area contributed by atoms with Crippen molar-refractivity contribution < 1.29 is 17.9 Å². The van der Waals surface area contributed by atoms with Gasteiger partial charge in [-0.1, -0.05) is 12.1 Å². The molecule has 0 unspecified atom stereocenters. The van der Waals surface area contributed by atoms with Crippen molar-refractivity contribution in [3.05, 3.63) is 42.5 Å². The van der Waals surface area contributed by atoms with E-state index in [4.69, 9.17) is 9.47 Å². The molecule has 2 heterocycles. The summed E-state index contributed by atoms with van der Waals surface area (Å²) in [6.45, 7) is 3.28. The molecule has 4 rings (SSSR count). The first-order valence-corrected chi connectivity index (χ1v) is 9.85. The number of nitrogens with zero attached hydrogens (tertiary/aromatic N) is 4. The molecule has 9 nitrogen and oxygen atoms in total. The summed E-state index contributed by atoms with van der Waals surface area (Å²) in [5.74, 6) is 1.28. The van der Waals surface area contributed by atoms with Crippen LogP contribution in [0.2, 0.25) is 0 Å². The first kappa shape index (κ1) is 17.3. The molecule has 0 amide bonds. The van der Waals surface area contributed by atoms with Crippen LogP contribution in [0.3, 0.4) is 0 Å². The maximum absolute atomic E-state index is 12.9. The number of hydrogen-bond acceptors (Lipinski definition) is 7. The number of hydrogen-bond donors (Lipinski definition) is 1. The van der Waals surface area contributed by atoms with Crippen molar-refractivity contribution in [1.29, 1.82) is 0 Å². The molecule has 0 atom stereocenters. The lowest BCUT2D eigenvalue weighted by atomic mass is 10.2. The Labute approximate surface area is 156 Å². The third kappa shape index (κ3) is 3.43. The third-order valence-electron chi connectivity index (χ3n) is 3.97. The Morgan fingerprint density at radius 3 is 2.67 bits per heavy atom. The third-order valence-corrected chi connectivity index (χ3v) is 5.34. The average Bonchev–Trinajstić information content (AvgIpc) is 3.17. The van der Waals surface area contributed by atoms with Crippen molar-refractivity contribution in [1.82, 2.24) is 20.2 Å². The van der Waals surface area contributed by atoms with Gasteiger partial charge in [0, 0.05) is 11.6 Å². The molecular formula is C17H17N5O4S. The number of aryl methyl sites for hydroxylation is 1. The van der Waals surface area contributed by atoms with Gasteiger partial charge in [-0.3, -0.25) is 4.72 Å². The number of tetrazole rings is 1. The molecule has 1 aromatic heterocycles. The Morgan fingerprint density at radius 1 is 1.11 bits per heavy atom. The number of anilines is 1. The largest absolute Gasteiger partial charge is 0.486 e. The summed E-state index contributed by atoms with van der Waals surface area (Å²) >= 11 is 0. The Kier molecular flexibility index (Phi) is 4.40. The van der Waals surface area contributed by atoms with E-state index in [0.29, 0.717) is 48.3 Å². The normalized spacial score (nSPS) is 13.4. The summed E-state index contributed by atoms with van der Waals surface area (Å²) in [4.78, 5) is 1.51. The van der Waals surface area contributed by atoms with Crippen LogP contribution in [-0.2, 0) is 16.6 Å². The van der Waals surface area contributed by atoms with Crippen molar-refractivity contribution in [3.8, 4) is 22.9 Å². The minimum atomic E-state index is -3.84. The Morgan fingerprint density at radius 2 is 1.89 bits per heavy atom. The quantitative estimate of drug-likeness (QED) is 0.712. The molecule has 0 aliphatic carbocycles. The van der Waals surface area contributed by atoms with Crippen molar-refractivity contribution in [2.75, 3.05) is 17.9 Å². The van der Waals surface area contributed by atoms with E-state index in [2.05, 4.69) is 20.1 Å². The van der Waals surface area contributed by atoms with Gasteiger partial charge in [0.05, 0.1) is 17.1 Å². The van der Waals surface area contributed by atoms with Crippen molar-refractivity contribution in [2.24, 2.45) is 0 Å². The molecular weight excluding hydrogens is 370 g/mol. The molecule has 2 aromatic carbocycles. The molecule has 3 aromatic rings. The molecule has 0 saturated carbocycles. The first-order valence-electron chi connectivity index (χ1n) is 8.36. The molecule has 1 aliphatic heterocycles. The Hall–Kier alpha value is -3.14. The highest BCUT2D eigenvalue weighted by atomic mass is 32.2. The fourth-order valence-electron chi connectivity index (χ4n) is 2.65. The second-order valence-corrected chi connectivity index (χ2v) is 7.44. The zero-order chi connectivity index (χ0) is 18.9. The maximum Gasteiger partial charge on any atom is 0.262 e. The van der Waals surface area contributed by atoms with Crippen LogP contribution in [-0.4, -0.2) is 41.8 Å². The smallest absolute Gasteiger partial charge is 0.262 e. The Bertz CT molecular complexity index is 1080. The summed E-state index contributed by atoms with van der Waals surface area (Å²) in [7, 11) is -3.84. The zero-order valence-electron chi connectivity index (χ0n) is 14.5. The first-order chi connectivity index (χ1) is 13.1. The lowest BCUT2D eigenvalue weighted by Crippen LogP contribution is -2.17. The second-order valence-electron chi connectivity index (χ2n) is 5.76. The maximum atomic E-state index is 12.9. The summed E-state index contributed by atoms with van der Waals surface area (Å²) in [6, 6.07) is 11.4. The van der Waals surface area contributed by atoms with Crippen molar-refractivity contribution in [3.63, 3.8) is 0 Å². The number of fused-ring (bicyclic) bond motifs is 1. The second kappa shape index (κ2) is 6.88. The van der Waals surface area contributed by atoms with Crippen LogP contribution in [0, 0.1) is 0 Å². The molecule has 0 spiro atoms. The van der Waals surface area contributed by atoms with E-state index < -0.39 is 10.0 Å². The van der Waals surface area contributed by atoms with Crippen molar-refractivity contribution in [2.45, 2.75) is 18.4 Å². The summed E-state index contributed by atoms with van der Waals surface area (Å²) < 4.78 is 39.2. The van der Waals surface area contributed by atoms with Gasteiger partial charge in [0.25, 0.3) is 10.0 Å². The SMILES string of the molecule is CCn1nnc(-c2ccccc2NS(=O)(=O)c2ccc3c(c2)OCCO3)n1. The number of benzene rings is 2. The Balaban J connectivity index is 1.67. The van der Waals surface area contributed by atoms with Gasteiger partial charge in [0.15, 0.2) is 11.5 Å². The molecule has 0 radical (unpaired) electrons. The highest BCUT2D eigenvalue weighted by Gasteiger charge is 2.21. The van der Waals surface area contributed by atoms with Crippen LogP contribution in [0.1, 0.15) is 6.92 Å². The van der Waals surface area contributed by atoms with Gasteiger partial charge in [0.2, 0.25) is 5.82 Å². The monoisotopic (exact) mass is 387 g/mol. The topological polar surface area (TPSA) is 108 Å². The van der Waals surface area contributed by atoms with Gasteiger partial charge in [-0.25, -0.2) is 8.42 Å². The molecule has 1 N–H and O–H groups in total. The van der Waals surface area contributed by atoms with E-state index in [0.717, 1.165) is 0 Å². The molecule has 1 aliphatic rings. The summed E-state index contributed by atoms with van der Waals surface area (Å²) in [5.41, 5.74) is 0.904. The van der Waals surface area contributed by atoms with Gasteiger partial charge in [0.1, 0.15) is 13.2 Å². The van der Waals surface area contributed by atoms with Crippen LogP contribution < -0.4 is 14.2 Å². The van der Waals surface area contributed by atoms with E-state index in [1.165, 1.54) is 16.9 Å². The van der Waals surface area contributed by atoms with Crippen LogP contribution in [0.25, 0.3) is 11.4 Å². The average molecular weight is 387 g/mol. The predicted octanol–water partition coefficient (Wildman–Crippen LogP) is 1.93. The molecule has 0 bridgehead atoms. The standard InChI is InChI=1S/C17H17N5O4S/c1-2-22-19-17(18-21-22)13-5-3-4-6-14(13)20-27(23,24)12-7-8-15-16(11-12)26-10-9-25-15/h3-8,11,20H,2,9-10H2,1H3. The van der Waals surface area contributed by atoms with Gasteiger partial charge in [-0.05, 0) is 36.4 Å². The fraction of sp³-hybridized carbons (Fsp3) is 0.235. The van der Waals surface area contributed by atoms with Crippen molar-refractivity contribution >= 4 is 15.7 Å². The van der Waals surface area contributed by atoms with Crippen LogP contribution in [0.4, 0.5) is 5.69 Å². The van der Waals surface area contributed by atoms with Crippen LogP contribution in [0.5, 0.6) is 11.5 Å². The van der Waals surface area contributed by atoms with Gasteiger partial charge in [-0.2, -0.15) is 4.80 Å². The lowest BCUT2D eigenvalue weighted by molar-refractivity contribution is 0.171.